The molecule has 0 aromatic heterocycles. The van der Waals surface area contributed by atoms with Gasteiger partial charge in [-0.2, -0.15) is 38.1 Å². The molecule has 0 aliphatic carbocycles. The van der Waals surface area contributed by atoms with Crippen LogP contribution in [0.25, 0.3) is 0 Å². The maximum Gasteiger partial charge on any atom is 0.402 e. The molecule has 0 fully saturated rings. The lowest BCUT2D eigenvalue weighted by Crippen LogP contribution is -2.44. The van der Waals surface area contributed by atoms with Gasteiger partial charge in [0.25, 0.3) is 0 Å². The monoisotopic (exact) mass is 1040 g/mol. The Kier molecular flexibility index (Phi) is 51.7. The quantitative estimate of drug-likeness (QED) is 0.192. The van der Waals surface area contributed by atoms with E-state index in [0.717, 1.165) is 18.4 Å². The summed E-state index contributed by atoms with van der Waals surface area (Å²) < 4.78 is 93.2. The van der Waals surface area contributed by atoms with Crippen molar-refractivity contribution in [2.24, 2.45) is 16.7 Å². The minimum atomic E-state index is -5.24. The molecule has 0 N–H and O–H groups in total. The summed E-state index contributed by atoms with van der Waals surface area (Å²) in [6, 6.07) is 42.3. The minimum Gasteiger partial charge on any atom is -0.388 e. The van der Waals surface area contributed by atoms with Gasteiger partial charge in [-0.1, -0.05) is 253 Å². The van der Waals surface area contributed by atoms with E-state index in [-0.39, 0.29) is 34.1 Å². The Morgan fingerprint density at radius 1 is 0.500 bits per heavy atom. The second-order valence-corrected chi connectivity index (χ2v) is 23.7. The van der Waals surface area contributed by atoms with Crippen LogP contribution in [0.3, 0.4) is 0 Å². The summed E-state index contributed by atoms with van der Waals surface area (Å²) in [7, 11) is 0.583. The van der Waals surface area contributed by atoms with Gasteiger partial charge in [0.2, 0.25) is 0 Å². The molecule has 0 bridgehead atoms. The summed E-state index contributed by atoms with van der Waals surface area (Å²) in [5, 5.41) is 0. The average Bonchev–Trinajstić information content (AvgIpc) is 3.18. The Balaban J connectivity index is -0.000000107. The highest BCUT2D eigenvalue weighted by Gasteiger charge is 2.64. The van der Waals surface area contributed by atoms with Crippen LogP contribution in [0.1, 0.15) is 174 Å². The standard InChI is InChI=1S/C15H16.C10H14.C9H12.C5H6F6.C5H12.C4H10.C3H8.C2H6O2S.C2H6O.C2H6S.2CH4/c1-15(2,13-9-5-3-6-10-13)14-11-7-4-8-12-14;1-10(2,3)9-7-5-4-6-8-9;1-8(2)9-6-4-3-5-7-9;1-3(2,4(6,7)8)5(9,10)11;1-5(2,3)4;1-4(2)3;1-3-2;1-5(2,3)4;2*1-3-2;;/h3-12H,1-2H3;4-8H,1-3H3;3-8H,1-2H3;1-2H3;1-4H3;4H,1-3H3;3H2,1-2H3;1-2H3;2*1-2H3;2*1H4. The van der Waals surface area contributed by atoms with E-state index in [1.807, 2.05) is 18.6 Å². The van der Waals surface area contributed by atoms with Crippen LogP contribution in [-0.4, -0.2) is 60.0 Å². The fraction of sp³-hybridized carbons (Fsp3) is 0.593. The highest BCUT2D eigenvalue weighted by Crippen LogP contribution is 2.49. The van der Waals surface area contributed by atoms with Crippen molar-refractivity contribution in [3.63, 3.8) is 0 Å². The van der Waals surface area contributed by atoms with E-state index in [1.54, 1.807) is 26.0 Å². The maximum atomic E-state index is 11.6. The summed E-state index contributed by atoms with van der Waals surface area (Å²) in [6.45, 7) is 35.3. The first-order chi connectivity index (χ1) is 30.6. The lowest BCUT2D eigenvalue weighted by atomic mass is 9.78. The van der Waals surface area contributed by atoms with Crippen LogP contribution < -0.4 is 0 Å². The van der Waals surface area contributed by atoms with E-state index >= 15 is 0 Å². The fourth-order valence-corrected chi connectivity index (χ4v) is 3.81. The highest BCUT2D eigenvalue weighted by atomic mass is 32.2. The maximum absolute atomic E-state index is 11.6. The number of benzene rings is 4. The predicted octanol–water partition coefficient (Wildman–Crippen LogP) is 20.2. The molecule has 11 heteroatoms. The van der Waals surface area contributed by atoms with Gasteiger partial charge in [0.15, 0.2) is 5.41 Å². The number of rotatable bonds is 3. The zero-order valence-corrected chi connectivity index (χ0v) is 48.4. The molecular weight excluding hydrogens is 935 g/mol. The first-order valence-corrected chi connectivity index (χ1v) is 26.8. The van der Waals surface area contributed by atoms with Gasteiger partial charge in [-0.05, 0) is 71.3 Å². The molecule has 0 amide bonds. The SMILES string of the molecule is C.C.CC(C)(C(F)(F)F)C(F)(F)F.CC(C)(C)C.CC(C)(C)c1ccccc1.CC(C)(c1ccccc1)c1ccccc1.CC(C)C.CC(C)c1ccccc1.CCC.COC.CS(C)(=O)=O.CSC. The van der Waals surface area contributed by atoms with Gasteiger partial charge >= 0.3 is 12.4 Å². The molecule has 4 rings (SSSR count). The third-order valence-electron chi connectivity index (χ3n) is 7.51. The van der Waals surface area contributed by atoms with E-state index in [0.29, 0.717) is 16.7 Å². The lowest BCUT2D eigenvalue weighted by molar-refractivity contribution is -0.327. The van der Waals surface area contributed by atoms with Crippen LogP contribution in [0.4, 0.5) is 26.3 Å². The fourth-order valence-electron chi connectivity index (χ4n) is 3.81. The van der Waals surface area contributed by atoms with Gasteiger partial charge in [-0.3, -0.25) is 0 Å². The number of halogens is 6. The van der Waals surface area contributed by atoms with E-state index < -0.39 is 27.6 Å². The molecule has 4 aromatic carbocycles. The van der Waals surface area contributed by atoms with Gasteiger partial charge in [-0.25, -0.2) is 8.42 Å². The molecule has 0 aliphatic rings. The molecule has 3 nitrogen and oxygen atoms in total. The average molecular weight is 1040 g/mol. The van der Waals surface area contributed by atoms with E-state index in [9.17, 15) is 34.8 Å². The van der Waals surface area contributed by atoms with Crippen molar-refractivity contribution in [3.8, 4) is 0 Å². The van der Waals surface area contributed by atoms with Crippen molar-refractivity contribution in [2.45, 2.75) is 175 Å². The number of hydrogen-bond acceptors (Lipinski definition) is 4. The zero-order chi connectivity index (χ0) is 55.2. The Labute approximate surface area is 433 Å². The molecule has 412 valence electrons. The molecular formula is C59H104F6O3S2. The van der Waals surface area contributed by atoms with Crippen LogP contribution >= 0.6 is 11.8 Å². The molecule has 0 saturated carbocycles. The lowest BCUT2D eigenvalue weighted by Gasteiger charge is -2.29. The zero-order valence-electron chi connectivity index (χ0n) is 46.7. The number of methoxy groups -OCH3 is 1. The molecule has 0 saturated heterocycles. The molecule has 0 radical (unpaired) electrons. The van der Waals surface area contributed by atoms with Crippen molar-refractivity contribution in [1.29, 1.82) is 0 Å². The summed E-state index contributed by atoms with van der Waals surface area (Å²) in [5.74, 6) is 1.49. The normalized spacial score (nSPS) is 10.7. The first-order valence-electron chi connectivity index (χ1n) is 22.9. The van der Waals surface area contributed by atoms with Gasteiger partial charge in [0, 0.05) is 32.1 Å². The predicted molar refractivity (Wildman–Crippen MR) is 305 cm³/mol. The topological polar surface area (TPSA) is 43.4 Å². The van der Waals surface area contributed by atoms with E-state index in [2.05, 4.69) is 231 Å². The van der Waals surface area contributed by atoms with Gasteiger partial charge < -0.3 is 4.74 Å². The van der Waals surface area contributed by atoms with Crippen LogP contribution in [0.2, 0.25) is 0 Å². The van der Waals surface area contributed by atoms with Crippen molar-refractivity contribution in [3.05, 3.63) is 144 Å². The van der Waals surface area contributed by atoms with Crippen LogP contribution in [-0.2, 0) is 25.4 Å². The second kappa shape index (κ2) is 43.3. The summed E-state index contributed by atoms with van der Waals surface area (Å²) in [6.07, 6.45) is -2.84. The molecule has 0 heterocycles. The second-order valence-electron chi connectivity index (χ2n) is 20.6. The van der Waals surface area contributed by atoms with E-state index in [4.69, 9.17) is 0 Å². The molecule has 0 spiro atoms. The van der Waals surface area contributed by atoms with E-state index in [1.165, 1.54) is 28.7 Å². The summed E-state index contributed by atoms with van der Waals surface area (Å²) in [5.41, 5.74) is 2.78. The van der Waals surface area contributed by atoms with Gasteiger partial charge in [0.1, 0.15) is 9.84 Å². The highest BCUT2D eigenvalue weighted by molar-refractivity contribution is 7.97. The van der Waals surface area contributed by atoms with Crippen molar-refractivity contribution in [1.82, 2.24) is 0 Å². The third kappa shape index (κ3) is 55.6. The Bertz CT molecular complexity index is 1700. The Morgan fingerprint density at radius 3 is 0.786 bits per heavy atom. The minimum absolute atomic E-state index is 0. The molecule has 0 aliphatic heterocycles. The summed E-state index contributed by atoms with van der Waals surface area (Å²) in [4.78, 5) is 0. The third-order valence-corrected chi connectivity index (χ3v) is 7.51. The summed E-state index contributed by atoms with van der Waals surface area (Å²) >= 11 is 1.75. The van der Waals surface area contributed by atoms with Crippen LogP contribution in [0.5, 0.6) is 0 Å². The largest absolute Gasteiger partial charge is 0.402 e. The first kappa shape index (κ1) is 83.6. The Morgan fingerprint density at radius 2 is 0.671 bits per heavy atom. The van der Waals surface area contributed by atoms with Crippen molar-refractivity contribution < 1.29 is 39.5 Å². The van der Waals surface area contributed by atoms with Crippen molar-refractivity contribution in [2.75, 3.05) is 39.2 Å². The smallest absolute Gasteiger partial charge is 0.388 e. The van der Waals surface area contributed by atoms with Gasteiger partial charge in [-0.15, -0.1) is 0 Å². The van der Waals surface area contributed by atoms with Crippen molar-refractivity contribution >= 4 is 21.6 Å². The van der Waals surface area contributed by atoms with Crippen LogP contribution in [0, 0.1) is 16.7 Å². The number of hydrogen-bond donors (Lipinski definition) is 0. The van der Waals surface area contributed by atoms with Gasteiger partial charge in [0.05, 0.1) is 0 Å². The molecule has 0 unspecified atom stereocenters. The number of thioether (sulfide) groups is 1. The molecule has 70 heavy (non-hydrogen) atoms. The molecule has 0 atom stereocenters. The number of alkyl halides is 6. The molecule has 4 aromatic rings. The van der Waals surface area contributed by atoms with Crippen LogP contribution in [0.15, 0.2) is 121 Å². The number of ether oxygens (including phenoxy) is 1. The Hall–Kier alpha value is -3.28. The number of sulfone groups is 1.